The smallest absolute Gasteiger partial charge is 0.269 e. The summed E-state index contributed by atoms with van der Waals surface area (Å²) in [6.45, 7) is 7.43. The number of anilines is 2. The Morgan fingerprint density at radius 3 is 2.47 bits per heavy atom. The number of piperazine rings is 1. The number of carbonyl (C=O) groups is 1. The second-order valence-electron chi connectivity index (χ2n) is 7.54. The van der Waals surface area contributed by atoms with E-state index in [-0.39, 0.29) is 11.6 Å². The molecule has 1 fully saturated rings. The molecule has 2 aromatic carbocycles. The number of amides is 1. The number of aryl methyl sites for hydroxylation is 1. The zero-order valence-electron chi connectivity index (χ0n) is 17.3. The Balaban J connectivity index is 1.28. The van der Waals surface area contributed by atoms with E-state index in [9.17, 15) is 14.9 Å². The van der Waals surface area contributed by atoms with E-state index in [1.165, 1.54) is 23.4 Å². The van der Waals surface area contributed by atoms with Crippen LogP contribution in [-0.2, 0) is 4.79 Å². The van der Waals surface area contributed by atoms with Gasteiger partial charge in [0, 0.05) is 62.8 Å². The first-order valence-electron chi connectivity index (χ1n) is 10.3. The van der Waals surface area contributed by atoms with Gasteiger partial charge in [0.15, 0.2) is 0 Å². The van der Waals surface area contributed by atoms with Gasteiger partial charge in [0.1, 0.15) is 0 Å². The molecule has 2 N–H and O–H groups in total. The van der Waals surface area contributed by atoms with Crippen molar-refractivity contribution in [1.82, 2.24) is 10.2 Å². The highest BCUT2D eigenvalue weighted by Gasteiger charge is 2.19. The Bertz CT molecular complexity index is 848. The Labute approximate surface area is 177 Å². The number of nitro benzene ring substituents is 1. The Morgan fingerprint density at radius 1 is 1.07 bits per heavy atom. The minimum absolute atomic E-state index is 0.0503. The summed E-state index contributed by atoms with van der Waals surface area (Å²) in [6.07, 6.45) is 0.782. The van der Waals surface area contributed by atoms with Crippen molar-refractivity contribution in [3.8, 4) is 0 Å². The molecule has 1 aliphatic rings. The molecule has 0 bridgehead atoms. The van der Waals surface area contributed by atoms with Gasteiger partial charge in [0.05, 0.1) is 11.5 Å². The molecule has 0 saturated carbocycles. The lowest BCUT2D eigenvalue weighted by Crippen LogP contribution is -2.49. The number of nitrogens with zero attached hydrogens (tertiary/aromatic N) is 3. The fraction of sp³-hybridized carbons (Fsp3) is 0.409. The highest BCUT2D eigenvalue weighted by Crippen LogP contribution is 2.18. The summed E-state index contributed by atoms with van der Waals surface area (Å²) in [5.74, 6) is 0.0503. The second kappa shape index (κ2) is 10.6. The van der Waals surface area contributed by atoms with E-state index in [0.717, 1.165) is 38.3 Å². The Morgan fingerprint density at radius 2 is 1.80 bits per heavy atom. The summed E-state index contributed by atoms with van der Waals surface area (Å²) in [6, 6.07) is 14.9. The number of carbonyl (C=O) groups excluding carboxylic acids is 1. The molecule has 0 radical (unpaired) electrons. The van der Waals surface area contributed by atoms with Gasteiger partial charge in [-0.25, -0.2) is 0 Å². The molecule has 3 rings (SSSR count). The van der Waals surface area contributed by atoms with E-state index in [2.05, 4.69) is 51.6 Å². The number of rotatable bonds is 9. The highest BCUT2D eigenvalue weighted by molar-refractivity contribution is 5.78. The maximum absolute atomic E-state index is 12.2. The summed E-state index contributed by atoms with van der Waals surface area (Å²) in [7, 11) is 0. The first-order valence-corrected chi connectivity index (χ1v) is 10.3. The number of hydrogen-bond acceptors (Lipinski definition) is 6. The van der Waals surface area contributed by atoms with E-state index in [1.807, 2.05) is 0 Å². The van der Waals surface area contributed by atoms with Crippen LogP contribution in [0.5, 0.6) is 0 Å². The average Bonchev–Trinajstić information content (AvgIpc) is 2.74. The van der Waals surface area contributed by atoms with Gasteiger partial charge in [-0.05, 0) is 43.2 Å². The third-order valence-corrected chi connectivity index (χ3v) is 5.19. The normalized spacial score (nSPS) is 14.4. The van der Waals surface area contributed by atoms with Gasteiger partial charge in [0.2, 0.25) is 5.91 Å². The first-order chi connectivity index (χ1) is 14.5. The molecule has 8 nitrogen and oxygen atoms in total. The van der Waals surface area contributed by atoms with Crippen LogP contribution >= 0.6 is 0 Å². The number of nitrogens with one attached hydrogen (secondary N) is 2. The summed E-state index contributed by atoms with van der Waals surface area (Å²) in [5.41, 5.74) is 3.42. The lowest BCUT2D eigenvalue weighted by atomic mass is 10.2. The maximum Gasteiger partial charge on any atom is 0.269 e. The average molecular weight is 412 g/mol. The van der Waals surface area contributed by atoms with Gasteiger partial charge in [-0.3, -0.25) is 19.8 Å². The van der Waals surface area contributed by atoms with Gasteiger partial charge >= 0.3 is 0 Å². The summed E-state index contributed by atoms with van der Waals surface area (Å²) in [5, 5.41) is 16.8. The lowest BCUT2D eigenvalue weighted by molar-refractivity contribution is -0.384. The van der Waals surface area contributed by atoms with Crippen LogP contribution in [0.2, 0.25) is 0 Å². The molecule has 1 saturated heterocycles. The first kappa shape index (κ1) is 21.6. The predicted molar refractivity (Wildman–Crippen MR) is 119 cm³/mol. The van der Waals surface area contributed by atoms with Crippen molar-refractivity contribution in [2.24, 2.45) is 0 Å². The molecule has 0 aromatic heterocycles. The number of benzene rings is 2. The zero-order valence-corrected chi connectivity index (χ0v) is 17.3. The van der Waals surface area contributed by atoms with Crippen LogP contribution in [0.25, 0.3) is 0 Å². The molecular weight excluding hydrogens is 382 g/mol. The largest absolute Gasteiger partial charge is 0.385 e. The maximum atomic E-state index is 12.2. The van der Waals surface area contributed by atoms with Crippen molar-refractivity contribution < 1.29 is 9.72 Å². The summed E-state index contributed by atoms with van der Waals surface area (Å²) < 4.78 is 0. The molecule has 1 heterocycles. The van der Waals surface area contributed by atoms with Crippen molar-refractivity contribution >= 4 is 23.0 Å². The topological polar surface area (TPSA) is 90.8 Å². The molecule has 0 unspecified atom stereocenters. The van der Waals surface area contributed by atoms with E-state index in [4.69, 9.17) is 0 Å². The quantitative estimate of drug-likeness (QED) is 0.375. The van der Waals surface area contributed by atoms with Crippen LogP contribution in [0.4, 0.5) is 17.1 Å². The molecule has 1 aliphatic heterocycles. The third kappa shape index (κ3) is 6.45. The SMILES string of the molecule is Cc1cccc(N2CCN(CC(=O)NCCCNc3ccc([N+](=O)[O-])cc3)CC2)c1. The molecule has 8 heteroatoms. The van der Waals surface area contributed by atoms with E-state index >= 15 is 0 Å². The molecule has 2 aromatic rings. The Kier molecular flexibility index (Phi) is 7.62. The lowest BCUT2D eigenvalue weighted by Gasteiger charge is -2.35. The molecule has 160 valence electrons. The van der Waals surface area contributed by atoms with Gasteiger partial charge in [-0.2, -0.15) is 0 Å². The van der Waals surface area contributed by atoms with Gasteiger partial charge in [-0.15, -0.1) is 0 Å². The van der Waals surface area contributed by atoms with Crippen molar-refractivity contribution in [1.29, 1.82) is 0 Å². The number of nitro groups is 1. The fourth-order valence-corrected chi connectivity index (χ4v) is 3.50. The highest BCUT2D eigenvalue weighted by atomic mass is 16.6. The standard InChI is InChI=1S/C22H29N5O3/c1-18-4-2-5-21(16-18)26-14-12-25(13-15-26)17-22(28)24-11-3-10-23-19-6-8-20(9-7-19)27(29)30/h2,4-9,16,23H,3,10-15,17H2,1H3,(H,24,28). The molecule has 0 aliphatic carbocycles. The Hall–Kier alpha value is -3.13. The molecule has 0 atom stereocenters. The number of non-ortho nitro benzene ring substituents is 1. The minimum Gasteiger partial charge on any atom is -0.385 e. The van der Waals surface area contributed by atoms with Crippen LogP contribution in [0.15, 0.2) is 48.5 Å². The van der Waals surface area contributed by atoms with Gasteiger partial charge in [0.25, 0.3) is 5.69 Å². The number of hydrogen-bond donors (Lipinski definition) is 2. The van der Waals surface area contributed by atoms with Crippen molar-refractivity contribution in [3.63, 3.8) is 0 Å². The zero-order chi connectivity index (χ0) is 21.3. The van der Waals surface area contributed by atoms with Crippen LogP contribution in [0.1, 0.15) is 12.0 Å². The van der Waals surface area contributed by atoms with E-state index < -0.39 is 4.92 Å². The van der Waals surface area contributed by atoms with Crippen LogP contribution in [0.3, 0.4) is 0 Å². The van der Waals surface area contributed by atoms with Gasteiger partial charge in [-0.1, -0.05) is 12.1 Å². The van der Waals surface area contributed by atoms with Crippen molar-refractivity contribution in [2.45, 2.75) is 13.3 Å². The molecular formula is C22H29N5O3. The third-order valence-electron chi connectivity index (χ3n) is 5.19. The molecule has 30 heavy (non-hydrogen) atoms. The molecule has 1 amide bonds. The molecule has 0 spiro atoms. The predicted octanol–water partition coefficient (Wildman–Crippen LogP) is 2.64. The second-order valence-corrected chi connectivity index (χ2v) is 7.54. The van der Waals surface area contributed by atoms with Crippen LogP contribution in [-0.4, -0.2) is 61.5 Å². The van der Waals surface area contributed by atoms with Crippen molar-refractivity contribution in [3.05, 3.63) is 64.2 Å². The van der Waals surface area contributed by atoms with Crippen LogP contribution in [0, 0.1) is 17.0 Å². The summed E-state index contributed by atoms with van der Waals surface area (Å²) >= 11 is 0. The fourth-order valence-electron chi connectivity index (χ4n) is 3.50. The van der Waals surface area contributed by atoms with E-state index in [1.54, 1.807) is 12.1 Å². The van der Waals surface area contributed by atoms with Gasteiger partial charge < -0.3 is 15.5 Å². The van der Waals surface area contributed by atoms with Crippen molar-refractivity contribution in [2.75, 3.05) is 56.0 Å². The van der Waals surface area contributed by atoms with E-state index in [0.29, 0.717) is 19.6 Å². The summed E-state index contributed by atoms with van der Waals surface area (Å²) in [4.78, 5) is 27.0. The minimum atomic E-state index is -0.415. The monoisotopic (exact) mass is 411 g/mol. The van der Waals surface area contributed by atoms with Crippen LogP contribution < -0.4 is 15.5 Å².